The summed E-state index contributed by atoms with van der Waals surface area (Å²) >= 11 is 0. The molecule has 1 unspecified atom stereocenters. The molecule has 5 nitrogen and oxygen atoms in total. The Bertz CT molecular complexity index is 757. The number of aryl methyl sites for hydroxylation is 1. The van der Waals surface area contributed by atoms with Gasteiger partial charge in [-0.2, -0.15) is 4.72 Å². The lowest BCUT2D eigenvalue weighted by Crippen LogP contribution is -2.34. The second kappa shape index (κ2) is 6.72. The summed E-state index contributed by atoms with van der Waals surface area (Å²) in [5.74, 6) is -0.664. The summed E-state index contributed by atoms with van der Waals surface area (Å²) in [7, 11) is -2.61. The van der Waals surface area contributed by atoms with Crippen LogP contribution in [0.4, 0.5) is 0 Å². The van der Waals surface area contributed by atoms with Crippen molar-refractivity contribution in [2.24, 2.45) is 0 Å². The van der Waals surface area contributed by atoms with E-state index in [0.29, 0.717) is 5.56 Å². The predicted molar refractivity (Wildman–Crippen MR) is 82.7 cm³/mol. The van der Waals surface area contributed by atoms with Crippen molar-refractivity contribution in [1.82, 2.24) is 4.72 Å². The van der Waals surface area contributed by atoms with E-state index in [9.17, 15) is 13.2 Å². The zero-order valence-corrected chi connectivity index (χ0v) is 13.1. The fraction of sp³-hybridized carbons (Fsp3) is 0.188. The molecule has 0 aliphatic carbocycles. The van der Waals surface area contributed by atoms with E-state index in [0.717, 1.165) is 5.56 Å². The van der Waals surface area contributed by atoms with E-state index in [4.69, 9.17) is 4.74 Å². The van der Waals surface area contributed by atoms with Crippen molar-refractivity contribution in [2.75, 3.05) is 7.11 Å². The van der Waals surface area contributed by atoms with Gasteiger partial charge in [-0.15, -0.1) is 0 Å². The summed E-state index contributed by atoms with van der Waals surface area (Å²) in [4.78, 5) is 12.0. The summed E-state index contributed by atoms with van der Waals surface area (Å²) < 4.78 is 32.0. The minimum Gasteiger partial charge on any atom is -0.468 e. The molecule has 0 aliphatic rings. The molecule has 0 bridgehead atoms. The van der Waals surface area contributed by atoms with Crippen LogP contribution in [0.2, 0.25) is 0 Å². The highest BCUT2D eigenvalue weighted by molar-refractivity contribution is 7.89. The van der Waals surface area contributed by atoms with Crippen molar-refractivity contribution >= 4 is 16.0 Å². The van der Waals surface area contributed by atoms with Gasteiger partial charge in [-0.1, -0.05) is 42.5 Å². The monoisotopic (exact) mass is 319 g/mol. The van der Waals surface area contributed by atoms with E-state index in [1.54, 1.807) is 55.5 Å². The lowest BCUT2D eigenvalue weighted by Gasteiger charge is -2.17. The van der Waals surface area contributed by atoms with Crippen molar-refractivity contribution in [2.45, 2.75) is 17.9 Å². The molecule has 2 aromatic carbocycles. The first-order valence-corrected chi connectivity index (χ1v) is 8.14. The van der Waals surface area contributed by atoms with Gasteiger partial charge in [-0.3, -0.25) is 0 Å². The largest absolute Gasteiger partial charge is 0.468 e. The van der Waals surface area contributed by atoms with Crippen molar-refractivity contribution in [1.29, 1.82) is 0 Å². The van der Waals surface area contributed by atoms with E-state index >= 15 is 0 Å². The molecule has 0 aromatic heterocycles. The maximum Gasteiger partial charge on any atom is 0.328 e. The van der Waals surface area contributed by atoms with Gasteiger partial charge >= 0.3 is 5.97 Å². The molecular weight excluding hydrogens is 302 g/mol. The number of hydrogen-bond acceptors (Lipinski definition) is 4. The Morgan fingerprint density at radius 1 is 1.09 bits per heavy atom. The van der Waals surface area contributed by atoms with Crippen molar-refractivity contribution in [3.63, 3.8) is 0 Å². The molecule has 22 heavy (non-hydrogen) atoms. The smallest absolute Gasteiger partial charge is 0.328 e. The normalized spacial score (nSPS) is 12.6. The van der Waals surface area contributed by atoms with Crippen LogP contribution in [0.25, 0.3) is 0 Å². The van der Waals surface area contributed by atoms with E-state index in [1.165, 1.54) is 13.2 Å². The number of benzene rings is 2. The maximum absolute atomic E-state index is 12.5. The van der Waals surface area contributed by atoms with Crippen LogP contribution in [0.15, 0.2) is 59.5 Å². The third-order valence-electron chi connectivity index (χ3n) is 3.14. The zero-order chi connectivity index (χ0) is 16.2. The molecule has 1 N–H and O–H groups in total. The molecule has 0 spiro atoms. The molecule has 0 fully saturated rings. The average molecular weight is 319 g/mol. The van der Waals surface area contributed by atoms with Crippen LogP contribution < -0.4 is 4.72 Å². The van der Waals surface area contributed by atoms with Crippen LogP contribution in [-0.2, 0) is 19.6 Å². The Hall–Kier alpha value is -2.18. The fourth-order valence-electron chi connectivity index (χ4n) is 2.02. The summed E-state index contributed by atoms with van der Waals surface area (Å²) in [5, 5.41) is 0. The number of ether oxygens (including phenoxy) is 1. The molecular formula is C16H17NO4S. The van der Waals surface area contributed by atoms with Crippen LogP contribution in [0.3, 0.4) is 0 Å². The standard InChI is InChI=1S/C16H17NO4S/c1-12-7-6-10-14(11-12)22(19,20)17-15(16(18)21-2)13-8-4-3-5-9-13/h3-11,15,17H,1-2H3. The number of hydrogen-bond donors (Lipinski definition) is 1. The van der Waals surface area contributed by atoms with Gasteiger partial charge in [0.2, 0.25) is 10.0 Å². The van der Waals surface area contributed by atoms with Crippen LogP contribution >= 0.6 is 0 Å². The van der Waals surface area contributed by atoms with Gasteiger partial charge in [0.1, 0.15) is 6.04 Å². The third kappa shape index (κ3) is 3.72. The topological polar surface area (TPSA) is 72.5 Å². The molecule has 6 heteroatoms. The number of sulfonamides is 1. The number of esters is 1. The second-order valence-electron chi connectivity index (χ2n) is 4.80. The highest BCUT2D eigenvalue weighted by Crippen LogP contribution is 2.19. The Morgan fingerprint density at radius 2 is 1.77 bits per heavy atom. The lowest BCUT2D eigenvalue weighted by molar-refractivity contribution is -0.142. The Kier molecular flexibility index (Phi) is 4.95. The summed E-state index contributed by atoms with van der Waals surface area (Å²) in [6.45, 7) is 1.80. The molecule has 0 radical (unpaired) electrons. The predicted octanol–water partition coefficient (Wildman–Crippen LogP) is 2.19. The Balaban J connectivity index is 2.37. The van der Waals surface area contributed by atoms with Gasteiger partial charge in [0.25, 0.3) is 0 Å². The molecule has 0 aliphatic heterocycles. The number of rotatable bonds is 5. The van der Waals surface area contributed by atoms with Gasteiger partial charge in [0.05, 0.1) is 12.0 Å². The summed E-state index contributed by atoms with van der Waals surface area (Å²) in [6, 6.07) is 14.0. The number of nitrogens with one attached hydrogen (secondary N) is 1. The molecule has 116 valence electrons. The van der Waals surface area contributed by atoms with Gasteiger partial charge in [-0.25, -0.2) is 13.2 Å². The van der Waals surface area contributed by atoms with Crippen LogP contribution in [-0.4, -0.2) is 21.5 Å². The fourth-order valence-corrected chi connectivity index (χ4v) is 3.30. The van der Waals surface area contributed by atoms with Crippen LogP contribution in [0, 0.1) is 6.92 Å². The average Bonchev–Trinajstić information content (AvgIpc) is 2.53. The molecule has 2 aromatic rings. The summed E-state index contributed by atoms with van der Waals surface area (Å²) in [6.07, 6.45) is 0. The Morgan fingerprint density at radius 3 is 2.36 bits per heavy atom. The second-order valence-corrected chi connectivity index (χ2v) is 6.52. The zero-order valence-electron chi connectivity index (χ0n) is 12.3. The number of carbonyl (C=O) groups is 1. The maximum atomic E-state index is 12.5. The highest BCUT2D eigenvalue weighted by Gasteiger charge is 2.27. The minimum atomic E-state index is -3.84. The van der Waals surface area contributed by atoms with Gasteiger partial charge < -0.3 is 4.74 Å². The molecule has 1 atom stereocenters. The van der Waals surface area contributed by atoms with E-state index in [1.807, 2.05) is 0 Å². The van der Waals surface area contributed by atoms with Crippen LogP contribution in [0.1, 0.15) is 17.2 Å². The number of methoxy groups -OCH3 is 1. The van der Waals surface area contributed by atoms with E-state index in [-0.39, 0.29) is 4.90 Å². The first-order valence-electron chi connectivity index (χ1n) is 6.66. The quantitative estimate of drug-likeness (QED) is 0.858. The molecule has 2 rings (SSSR count). The molecule has 0 saturated heterocycles. The molecule has 0 amide bonds. The van der Waals surface area contributed by atoms with Gasteiger partial charge in [0, 0.05) is 0 Å². The van der Waals surface area contributed by atoms with Crippen molar-refractivity contribution in [3.05, 3.63) is 65.7 Å². The minimum absolute atomic E-state index is 0.109. The van der Waals surface area contributed by atoms with Gasteiger partial charge in [0.15, 0.2) is 0 Å². The number of carbonyl (C=O) groups excluding carboxylic acids is 1. The van der Waals surface area contributed by atoms with E-state index in [2.05, 4.69) is 4.72 Å². The SMILES string of the molecule is COC(=O)C(NS(=O)(=O)c1cccc(C)c1)c1ccccc1. The van der Waals surface area contributed by atoms with Crippen molar-refractivity contribution < 1.29 is 17.9 Å². The third-order valence-corrected chi connectivity index (χ3v) is 4.56. The van der Waals surface area contributed by atoms with Crippen molar-refractivity contribution in [3.8, 4) is 0 Å². The first-order chi connectivity index (χ1) is 10.4. The first kappa shape index (κ1) is 16.2. The Labute approximate surface area is 130 Å². The molecule has 0 saturated carbocycles. The molecule has 0 heterocycles. The lowest BCUT2D eigenvalue weighted by atomic mass is 10.1. The van der Waals surface area contributed by atoms with Gasteiger partial charge in [-0.05, 0) is 30.2 Å². The van der Waals surface area contributed by atoms with E-state index < -0.39 is 22.0 Å². The summed E-state index contributed by atoms with van der Waals surface area (Å²) in [5.41, 5.74) is 1.34. The van der Waals surface area contributed by atoms with Crippen LogP contribution in [0.5, 0.6) is 0 Å². The highest BCUT2D eigenvalue weighted by atomic mass is 32.2.